The molecule has 0 saturated carbocycles. The van der Waals surface area contributed by atoms with Gasteiger partial charge in [0.15, 0.2) is 0 Å². The highest BCUT2D eigenvalue weighted by atomic mass is 35.5. The van der Waals surface area contributed by atoms with Crippen molar-refractivity contribution in [2.75, 3.05) is 26.2 Å². The lowest BCUT2D eigenvalue weighted by Gasteiger charge is -2.33. The number of piperazine rings is 1. The van der Waals surface area contributed by atoms with E-state index in [-0.39, 0.29) is 41.9 Å². The third-order valence-corrected chi connectivity index (χ3v) is 7.34. The lowest BCUT2D eigenvalue weighted by Crippen LogP contribution is -2.50. The summed E-state index contributed by atoms with van der Waals surface area (Å²) < 4.78 is 40.2. The van der Waals surface area contributed by atoms with Crippen molar-refractivity contribution in [1.29, 1.82) is 0 Å². The SMILES string of the molecule is O=C(c1cccc(F)c1)N1CCN(S(=O)(=O)c2ccc(Cl)s2)CC1. The van der Waals surface area contributed by atoms with Crippen molar-refractivity contribution in [2.24, 2.45) is 0 Å². The number of rotatable bonds is 3. The third-order valence-electron chi connectivity index (χ3n) is 3.74. The average molecular weight is 389 g/mol. The molecule has 1 saturated heterocycles. The molecule has 1 aromatic heterocycles. The van der Waals surface area contributed by atoms with E-state index in [0.717, 1.165) is 11.3 Å². The van der Waals surface area contributed by atoms with Gasteiger partial charge in [-0.25, -0.2) is 12.8 Å². The van der Waals surface area contributed by atoms with Gasteiger partial charge < -0.3 is 4.90 Å². The zero-order valence-corrected chi connectivity index (χ0v) is 14.9. The van der Waals surface area contributed by atoms with Crippen LogP contribution in [0.4, 0.5) is 4.39 Å². The second-order valence-electron chi connectivity index (χ2n) is 5.27. The molecule has 0 bridgehead atoms. The van der Waals surface area contributed by atoms with Crippen LogP contribution in [0.15, 0.2) is 40.6 Å². The van der Waals surface area contributed by atoms with Crippen molar-refractivity contribution in [3.63, 3.8) is 0 Å². The number of halogens is 2. The molecule has 24 heavy (non-hydrogen) atoms. The molecule has 3 rings (SSSR count). The molecule has 1 aliphatic rings. The van der Waals surface area contributed by atoms with Crippen molar-refractivity contribution in [2.45, 2.75) is 4.21 Å². The van der Waals surface area contributed by atoms with E-state index in [4.69, 9.17) is 11.6 Å². The van der Waals surface area contributed by atoms with Gasteiger partial charge in [-0.2, -0.15) is 4.31 Å². The summed E-state index contributed by atoms with van der Waals surface area (Å²) in [4.78, 5) is 13.9. The summed E-state index contributed by atoms with van der Waals surface area (Å²) in [6.07, 6.45) is 0. The summed E-state index contributed by atoms with van der Waals surface area (Å²) in [5.41, 5.74) is 0.261. The fraction of sp³-hybridized carbons (Fsp3) is 0.267. The Kier molecular flexibility index (Phi) is 4.91. The Balaban J connectivity index is 1.68. The fourth-order valence-corrected chi connectivity index (χ4v) is 5.56. The molecule has 128 valence electrons. The van der Waals surface area contributed by atoms with E-state index in [1.807, 2.05) is 0 Å². The predicted octanol–water partition coefficient (Wildman–Crippen LogP) is 2.69. The monoisotopic (exact) mass is 388 g/mol. The molecule has 9 heteroatoms. The predicted molar refractivity (Wildman–Crippen MR) is 90.4 cm³/mol. The lowest BCUT2D eigenvalue weighted by atomic mass is 10.2. The van der Waals surface area contributed by atoms with E-state index < -0.39 is 15.8 Å². The van der Waals surface area contributed by atoms with Crippen LogP contribution >= 0.6 is 22.9 Å². The minimum absolute atomic E-state index is 0.192. The number of thiophene rings is 1. The molecule has 1 fully saturated rings. The Hall–Kier alpha value is -1.48. The Labute approximate surface area is 148 Å². The van der Waals surface area contributed by atoms with Crippen LogP contribution < -0.4 is 0 Å². The smallest absolute Gasteiger partial charge is 0.254 e. The largest absolute Gasteiger partial charge is 0.336 e. The van der Waals surface area contributed by atoms with Gasteiger partial charge in [-0.3, -0.25) is 4.79 Å². The summed E-state index contributed by atoms with van der Waals surface area (Å²) >= 11 is 6.81. The van der Waals surface area contributed by atoms with E-state index in [0.29, 0.717) is 4.34 Å². The van der Waals surface area contributed by atoms with Gasteiger partial charge >= 0.3 is 0 Å². The molecule has 0 radical (unpaired) electrons. The Bertz CT molecular complexity index is 861. The van der Waals surface area contributed by atoms with Crippen molar-refractivity contribution in [3.8, 4) is 0 Å². The van der Waals surface area contributed by atoms with E-state index in [2.05, 4.69) is 0 Å². The number of sulfonamides is 1. The number of hydrogen-bond donors (Lipinski definition) is 0. The zero-order valence-electron chi connectivity index (χ0n) is 12.5. The second-order valence-corrected chi connectivity index (χ2v) is 9.15. The Morgan fingerprint density at radius 1 is 1.12 bits per heavy atom. The average Bonchev–Trinajstić information content (AvgIpc) is 3.01. The van der Waals surface area contributed by atoms with Crippen molar-refractivity contribution < 1.29 is 17.6 Å². The highest BCUT2D eigenvalue weighted by Gasteiger charge is 2.31. The summed E-state index contributed by atoms with van der Waals surface area (Å²) in [7, 11) is -3.59. The molecular weight excluding hydrogens is 375 g/mol. The second kappa shape index (κ2) is 6.79. The van der Waals surface area contributed by atoms with E-state index in [9.17, 15) is 17.6 Å². The lowest BCUT2D eigenvalue weighted by molar-refractivity contribution is 0.0697. The number of nitrogens with zero attached hydrogens (tertiary/aromatic N) is 2. The van der Waals surface area contributed by atoms with Crippen LogP contribution in [-0.2, 0) is 10.0 Å². The quantitative estimate of drug-likeness (QED) is 0.812. The molecule has 5 nitrogen and oxygen atoms in total. The van der Waals surface area contributed by atoms with Gasteiger partial charge in [-0.1, -0.05) is 17.7 Å². The highest BCUT2D eigenvalue weighted by Crippen LogP contribution is 2.28. The van der Waals surface area contributed by atoms with Crippen molar-refractivity contribution >= 4 is 38.9 Å². The fourth-order valence-electron chi connectivity index (χ4n) is 2.50. The number of carbonyl (C=O) groups is 1. The minimum Gasteiger partial charge on any atom is -0.336 e. The molecule has 0 unspecified atom stereocenters. The van der Waals surface area contributed by atoms with E-state index in [1.54, 1.807) is 12.1 Å². The van der Waals surface area contributed by atoms with Crippen LogP contribution in [0.2, 0.25) is 4.34 Å². The van der Waals surface area contributed by atoms with Gasteiger partial charge in [-0.05, 0) is 30.3 Å². The third kappa shape index (κ3) is 3.46. The van der Waals surface area contributed by atoms with Gasteiger partial charge in [0, 0.05) is 31.7 Å². The van der Waals surface area contributed by atoms with Crippen LogP contribution in [0.5, 0.6) is 0 Å². The Morgan fingerprint density at radius 3 is 2.42 bits per heavy atom. The van der Waals surface area contributed by atoms with Gasteiger partial charge in [-0.15, -0.1) is 11.3 Å². The van der Waals surface area contributed by atoms with Gasteiger partial charge in [0.1, 0.15) is 10.0 Å². The molecule has 0 atom stereocenters. The number of hydrogen-bond acceptors (Lipinski definition) is 4. The first kappa shape index (κ1) is 17.3. The molecular formula is C15H14ClFN2O3S2. The Morgan fingerprint density at radius 2 is 1.83 bits per heavy atom. The van der Waals surface area contributed by atoms with E-state index >= 15 is 0 Å². The summed E-state index contributed by atoms with van der Waals surface area (Å²) in [6.45, 7) is 0.902. The summed E-state index contributed by atoms with van der Waals surface area (Å²) in [5.74, 6) is -0.776. The molecule has 2 heterocycles. The summed E-state index contributed by atoms with van der Waals surface area (Å²) in [6, 6.07) is 8.49. The molecule has 1 amide bonds. The van der Waals surface area contributed by atoms with Crippen molar-refractivity contribution in [3.05, 3.63) is 52.1 Å². The van der Waals surface area contributed by atoms with Gasteiger partial charge in [0.25, 0.3) is 15.9 Å². The maximum atomic E-state index is 13.2. The van der Waals surface area contributed by atoms with Gasteiger partial charge in [0.05, 0.1) is 4.34 Å². The normalized spacial score (nSPS) is 16.3. The standard InChI is InChI=1S/C15H14ClFN2O3S2/c16-13-4-5-14(23-13)24(21,22)19-8-6-18(7-9-19)15(20)11-2-1-3-12(17)10-11/h1-5,10H,6-9H2. The maximum absolute atomic E-state index is 13.2. The molecule has 0 aliphatic carbocycles. The first-order valence-electron chi connectivity index (χ1n) is 7.18. The van der Waals surface area contributed by atoms with Crippen LogP contribution in [0, 0.1) is 5.82 Å². The van der Waals surface area contributed by atoms with Gasteiger partial charge in [0.2, 0.25) is 0 Å². The van der Waals surface area contributed by atoms with Crippen LogP contribution in [0.1, 0.15) is 10.4 Å². The number of carbonyl (C=O) groups excluding carboxylic acids is 1. The zero-order chi connectivity index (χ0) is 17.3. The summed E-state index contributed by atoms with van der Waals surface area (Å²) in [5, 5.41) is 0. The number of amides is 1. The number of benzene rings is 1. The van der Waals surface area contributed by atoms with Crippen molar-refractivity contribution in [1.82, 2.24) is 9.21 Å². The highest BCUT2D eigenvalue weighted by molar-refractivity contribution is 7.91. The van der Waals surface area contributed by atoms with Crippen LogP contribution in [0.3, 0.4) is 0 Å². The van der Waals surface area contributed by atoms with Crippen LogP contribution in [-0.4, -0.2) is 49.7 Å². The topological polar surface area (TPSA) is 57.7 Å². The molecule has 2 aromatic rings. The van der Waals surface area contributed by atoms with E-state index in [1.165, 1.54) is 33.5 Å². The molecule has 0 N–H and O–H groups in total. The minimum atomic E-state index is -3.59. The molecule has 1 aliphatic heterocycles. The van der Waals surface area contributed by atoms with Crippen LogP contribution in [0.25, 0.3) is 0 Å². The first-order chi connectivity index (χ1) is 11.4. The first-order valence-corrected chi connectivity index (χ1v) is 9.82. The molecule has 0 spiro atoms. The molecule has 1 aromatic carbocycles. The maximum Gasteiger partial charge on any atom is 0.254 e.